The van der Waals surface area contributed by atoms with Gasteiger partial charge in [0.05, 0.1) is 5.56 Å². The summed E-state index contributed by atoms with van der Waals surface area (Å²) in [5.74, 6) is -0.0263. The number of aromatic amines is 1. The van der Waals surface area contributed by atoms with Crippen LogP contribution in [-0.2, 0) is 12.8 Å². The van der Waals surface area contributed by atoms with E-state index in [-0.39, 0.29) is 29.3 Å². The topological polar surface area (TPSA) is 74.6 Å². The Hall–Kier alpha value is -3.05. The van der Waals surface area contributed by atoms with Crippen LogP contribution in [0, 0.1) is 11.3 Å². The van der Waals surface area contributed by atoms with E-state index < -0.39 is 11.7 Å². The molecule has 3 aromatic rings. The molecule has 0 aliphatic carbocycles. The molecule has 26 heavy (non-hydrogen) atoms. The zero-order valence-corrected chi connectivity index (χ0v) is 13.8. The highest BCUT2D eigenvalue weighted by atomic mass is 35.5. The molecule has 0 saturated carbocycles. The Morgan fingerprint density at radius 1 is 1.19 bits per heavy atom. The number of alkyl halides is 3. The molecular weight excluding hydrogens is 369 g/mol. The van der Waals surface area contributed by atoms with Gasteiger partial charge in [-0.3, -0.25) is 0 Å². The number of nitrogens with zero attached hydrogens (tertiary/aromatic N) is 3. The maximum atomic E-state index is 13.2. The fraction of sp³-hybridized carbons (Fsp3) is 0.118. The standard InChI is InChI=1S/C17H10ClF3N4O/c18-14-4-2-1-3-10(14)9-26-13-6-11(5-12(7-13)17(19,20)21)16-15(8-22)23-25-24-16/h1-7H,9H2,(H,23,24,25). The first kappa shape index (κ1) is 17.8. The highest BCUT2D eigenvalue weighted by Gasteiger charge is 2.32. The third kappa shape index (κ3) is 3.78. The first-order chi connectivity index (χ1) is 12.4. The predicted octanol–water partition coefficient (Wildman–Crippen LogP) is 4.59. The Morgan fingerprint density at radius 3 is 2.65 bits per heavy atom. The highest BCUT2D eigenvalue weighted by molar-refractivity contribution is 6.31. The third-order valence-corrected chi connectivity index (χ3v) is 3.89. The first-order valence-corrected chi connectivity index (χ1v) is 7.66. The van der Waals surface area contributed by atoms with Crippen molar-refractivity contribution in [3.8, 4) is 23.1 Å². The van der Waals surface area contributed by atoms with E-state index in [1.807, 2.05) is 0 Å². The number of halogens is 4. The quantitative estimate of drug-likeness (QED) is 0.720. The van der Waals surface area contributed by atoms with Crippen LogP contribution in [0.25, 0.3) is 11.3 Å². The minimum Gasteiger partial charge on any atom is -0.489 e. The molecule has 0 fully saturated rings. The molecule has 0 aliphatic rings. The van der Waals surface area contributed by atoms with Crippen molar-refractivity contribution in [1.82, 2.24) is 15.4 Å². The summed E-state index contributed by atoms with van der Waals surface area (Å²) in [6.45, 7) is -0.00958. The van der Waals surface area contributed by atoms with E-state index in [1.165, 1.54) is 6.07 Å². The van der Waals surface area contributed by atoms with Crippen LogP contribution in [0.4, 0.5) is 13.2 Å². The molecule has 9 heteroatoms. The summed E-state index contributed by atoms with van der Waals surface area (Å²) in [7, 11) is 0. The van der Waals surface area contributed by atoms with E-state index in [0.29, 0.717) is 10.6 Å². The molecule has 1 N–H and O–H groups in total. The summed E-state index contributed by atoms with van der Waals surface area (Å²) in [6.07, 6.45) is -4.59. The molecular formula is C17H10ClF3N4O. The van der Waals surface area contributed by atoms with Gasteiger partial charge < -0.3 is 4.74 Å². The zero-order valence-electron chi connectivity index (χ0n) is 13.0. The summed E-state index contributed by atoms with van der Waals surface area (Å²) >= 11 is 6.03. The van der Waals surface area contributed by atoms with Gasteiger partial charge in [0, 0.05) is 16.1 Å². The molecule has 2 aromatic carbocycles. The molecule has 0 bridgehead atoms. The SMILES string of the molecule is N#Cc1[nH]nnc1-c1cc(OCc2ccccc2Cl)cc(C(F)(F)F)c1. The van der Waals surface area contributed by atoms with Crippen LogP contribution in [-0.4, -0.2) is 15.4 Å². The first-order valence-electron chi connectivity index (χ1n) is 7.28. The van der Waals surface area contributed by atoms with Crippen molar-refractivity contribution in [2.45, 2.75) is 12.8 Å². The van der Waals surface area contributed by atoms with E-state index in [0.717, 1.165) is 12.1 Å². The fourth-order valence-electron chi connectivity index (χ4n) is 2.27. The number of nitriles is 1. The van der Waals surface area contributed by atoms with Crippen molar-refractivity contribution in [2.75, 3.05) is 0 Å². The Labute approximate surface area is 151 Å². The van der Waals surface area contributed by atoms with E-state index in [4.69, 9.17) is 21.6 Å². The number of nitrogens with one attached hydrogen (secondary N) is 1. The molecule has 1 aromatic heterocycles. The van der Waals surface area contributed by atoms with Gasteiger partial charge in [-0.2, -0.15) is 18.4 Å². The van der Waals surface area contributed by atoms with Gasteiger partial charge in [-0.1, -0.05) is 35.0 Å². The smallest absolute Gasteiger partial charge is 0.416 e. The number of rotatable bonds is 4. The van der Waals surface area contributed by atoms with Gasteiger partial charge in [-0.15, -0.1) is 5.10 Å². The fourth-order valence-corrected chi connectivity index (χ4v) is 2.46. The second kappa shape index (κ2) is 7.06. The van der Waals surface area contributed by atoms with Crippen LogP contribution < -0.4 is 4.74 Å². The number of H-pyrrole nitrogens is 1. The predicted molar refractivity (Wildman–Crippen MR) is 87.3 cm³/mol. The molecule has 5 nitrogen and oxygen atoms in total. The van der Waals surface area contributed by atoms with Gasteiger partial charge in [0.25, 0.3) is 0 Å². The number of aromatic nitrogens is 3. The lowest BCUT2D eigenvalue weighted by Crippen LogP contribution is -2.06. The summed E-state index contributed by atoms with van der Waals surface area (Å²) in [5, 5.41) is 18.9. The molecule has 0 atom stereocenters. The van der Waals surface area contributed by atoms with Crippen LogP contribution in [0.2, 0.25) is 5.02 Å². The average Bonchev–Trinajstić information content (AvgIpc) is 3.09. The number of benzene rings is 2. The number of hydrogen-bond acceptors (Lipinski definition) is 4. The van der Waals surface area contributed by atoms with Crippen LogP contribution >= 0.6 is 11.6 Å². The molecule has 132 valence electrons. The normalized spacial score (nSPS) is 11.2. The molecule has 0 radical (unpaired) electrons. The maximum Gasteiger partial charge on any atom is 0.416 e. The lowest BCUT2D eigenvalue weighted by Gasteiger charge is -2.13. The monoisotopic (exact) mass is 378 g/mol. The lowest BCUT2D eigenvalue weighted by atomic mass is 10.1. The molecule has 0 spiro atoms. The second-order valence-corrected chi connectivity index (χ2v) is 5.68. The van der Waals surface area contributed by atoms with E-state index in [1.54, 1.807) is 30.3 Å². The minimum absolute atomic E-state index is 0.00958. The second-order valence-electron chi connectivity index (χ2n) is 5.27. The Bertz CT molecular complexity index is 979. The van der Waals surface area contributed by atoms with Gasteiger partial charge in [0.15, 0.2) is 5.69 Å². The van der Waals surface area contributed by atoms with Crippen molar-refractivity contribution in [2.24, 2.45) is 0 Å². The summed E-state index contributed by atoms with van der Waals surface area (Å²) in [6, 6.07) is 11.8. The van der Waals surface area contributed by atoms with Gasteiger partial charge in [-0.05, 0) is 24.3 Å². The van der Waals surface area contributed by atoms with E-state index in [2.05, 4.69) is 15.4 Å². The van der Waals surface area contributed by atoms with E-state index >= 15 is 0 Å². The van der Waals surface area contributed by atoms with Gasteiger partial charge in [0.1, 0.15) is 24.1 Å². The Morgan fingerprint density at radius 2 is 1.96 bits per heavy atom. The van der Waals surface area contributed by atoms with Crippen molar-refractivity contribution >= 4 is 11.6 Å². The summed E-state index contributed by atoms with van der Waals surface area (Å²) in [4.78, 5) is 0. The minimum atomic E-state index is -4.59. The van der Waals surface area contributed by atoms with Crippen LogP contribution in [0.3, 0.4) is 0 Å². The number of hydrogen-bond donors (Lipinski definition) is 1. The maximum absolute atomic E-state index is 13.2. The van der Waals surface area contributed by atoms with Crippen molar-refractivity contribution in [3.63, 3.8) is 0 Å². The van der Waals surface area contributed by atoms with Crippen molar-refractivity contribution < 1.29 is 17.9 Å². The molecule has 0 amide bonds. The van der Waals surface area contributed by atoms with Crippen molar-refractivity contribution in [1.29, 1.82) is 5.26 Å². The average molecular weight is 379 g/mol. The van der Waals surface area contributed by atoms with Gasteiger partial charge in [-0.25, -0.2) is 5.10 Å². The molecule has 0 aliphatic heterocycles. The molecule has 0 saturated heterocycles. The zero-order chi connectivity index (χ0) is 18.7. The molecule has 3 rings (SSSR count). The Balaban J connectivity index is 1.98. The number of ether oxygens (including phenoxy) is 1. The largest absolute Gasteiger partial charge is 0.489 e. The third-order valence-electron chi connectivity index (χ3n) is 3.52. The van der Waals surface area contributed by atoms with Crippen LogP contribution in [0.5, 0.6) is 5.75 Å². The Kier molecular flexibility index (Phi) is 4.82. The molecule has 1 heterocycles. The van der Waals surface area contributed by atoms with Gasteiger partial charge >= 0.3 is 6.18 Å². The van der Waals surface area contributed by atoms with Crippen LogP contribution in [0.15, 0.2) is 42.5 Å². The van der Waals surface area contributed by atoms with Crippen molar-refractivity contribution in [3.05, 3.63) is 64.3 Å². The highest BCUT2D eigenvalue weighted by Crippen LogP contribution is 2.36. The molecule has 0 unspecified atom stereocenters. The summed E-state index contributed by atoms with van der Waals surface area (Å²) in [5.41, 5.74) is -0.245. The lowest BCUT2D eigenvalue weighted by molar-refractivity contribution is -0.137. The van der Waals surface area contributed by atoms with Crippen LogP contribution in [0.1, 0.15) is 16.8 Å². The summed E-state index contributed by atoms with van der Waals surface area (Å²) < 4.78 is 45.1. The van der Waals surface area contributed by atoms with E-state index in [9.17, 15) is 13.2 Å². The van der Waals surface area contributed by atoms with Gasteiger partial charge in [0.2, 0.25) is 0 Å².